The minimum atomic E-state index is -2.09. The van der Waals surface area contributed by atoms with E-state index in [0.29, 0.717) is 17.3 Å². The first-order valence-corrected chi connectivity index (χ1v) is 12.2. The van der Waals surface area contributed by atoms with E-state index in [2.05, 4.69) is 87.7 Å². The van der Waals surface area contributed by atoms with E-state index in [9.17, 15) is 0 Å². The van der Waals surface area contributed by atoms with Crippen molar-refractivity contribution in [3.8, 4) is 0 Å². The highest BCUT2D eigenvalue weighted by molar-refractivity contribution is 7.95. The van der Waals surface area contributed by atoms with Gasteiger partial charge in [-0.2, -0.15) is 9.97 Å². The van der Waals surface area contributed by atoms with Gasteiger partial charge in [-0.1, -0.05) is 54.6 Å². The third-order valence-electron chi connectivity index (χ3n) is 5.49. The van der Waals surface area contributed by atoms with E-state index in [1.807, 2.05) is 18.2 Å². The van der Waals surface area contributed by atoms with Gasteiger partial charge in [0.1, 0.15) is 29.3 Å². The van der Waals surface area contributed by atoms with Gasteiger partial charge in [-0.05, 0) is 36.4 Å². The fourth-order valence-electron chi connectivity index (χ4n) is 4.07. The Morgan fingerprint density at radius 2 is 1.12 bits per heavy atom. The molecule has 5 rings (SSSR count). The van der Waals surface area contributed by atoms with Gasteiger partial charge in [0.25, 0.3) is 0 Å². The second-order valence-electron chi connectivity index (χ2n) is 7.48. The molecule has 3 aromatic carbocycles. The van der Waals surface area contributed by atoms with Crippen molar-refractivity contribution in [2.75, 3.05) is 11.5 Å². The van der Waals surface area contributed by atoms with Crippen LogP contribution in [0.3, 0.4) is 0 Å². The van der Waals surface area contributed by atoms with Crippen LogP contribution < -0.4 is 27.4 Å². The molecule has 6 nitrogen and oxygen atoms in total. The van der Waals surface area contributed by atoms with Crippen molar-refractivity contribution in [2.24, 2.45) is 0 Å². The molecule has 2 heterocycles. The Bertz CT molecular complexity index is 1260. The van der Waals surface area contributed by atoms with Gasteiger partial charge < -0.3 is 11.5 Å². The zero-order chi connectivity index (χ0) is 22.0. The number of aromatic nitrogens is 4. The molecule has 156 valence electrons. The van der Waals surface area contributed by atoms with Crippen LogP contribution in [0.15, 0.2) is 97.2 Å². The number of nitrogens with two attached hydrogens (primary N) is 2. The number of anilines is 2. The molecule has 0 atom stereocenters. The van der Waals surface area contributed by atoms with E-state index in [-0.39, 0.29) is 11.8 Å². The zero-order valence-corrected chi connectivity index (χ0v) is 18.2. The molecule has 4 N–H and O–H groups in total. The van der Waals surface area contributed by atoms with Crippen LogP contribution in [0.4, 0.5) is 11.8 Å². The molecule has 0 bridgehead atoms. The Labute approximate surface area is 186 Å². The quantitative estimate of drug-likeness (QED) is 0.410. The lowest BCUT2D eigenvalue weighted by atomic mass is 10.3. The number of rotatable bonds is 5. The van der Waals surface area contributed by atoms with Crippen LogP contribution in [0.5, 0.6) is 0 Å². The average molecular weight is 437 g/mol. The normalized spacial score (nSPS) is 11.5. The molecule has 0 saturated carbocycles. The molecule has 7 heteroatoms. The topological polar surface area (TPSA) is 104 Å². The number of benzene rings is 3. The lowest BCUT2D eigenvalue weighted by molar-refractivity contribution is 1.11. The maximum atomic E-state index is 6.10. The van der Waals surface area contributed by atoms with Gasteiger partial charge in [0, 0.05) is 0 Å². The standard InChI is InChI=1S/C25H22N6P/c26-23-22-24(31-25(27)30-23)28-16-18(29-22)17-32(19-10-4-1-5-11-19,20-12-6-2-7-13-20)21-14-8-3-9-15-21/h1-16H,17H2,(H4,26,27,28,30,31)/q+1. The summed E-state index contributed by atoms with van der Waals surface area (Å²) < 4.78 is 0. The Morgan fingerprint density at radius 1 is 0.625 bits per heavy atom. The monoisotopic (exact) mass is 437 g/mol. The van der Waals surface area contributed by atoms with E-state index in [1.54, 1.807) is 6.20 Å². The molecule has 0 saturated heterocycles. The van der Waals surface area contributed by atoms with Crippen LogP contribution in [0.1, 0.15) is 5.69 Å². The molecule has 0 radical (unpaired) electrons. The molecule has 2 aromatic heterocycles. The number of hydrogen-bond acceptors (Lipinski definition) is 6. The van der Waals surface area contributed by atoms with E-state index in [1.165, 1.54) is 15.9 Å². The number of fused-ring (bicyclic) bond motifs is 1. The fourth-order valence-corrected chi connectivity index (χ4v) is 8.19. The smallest absolute Gasteiger partial charge is 0.224 e. The Morgan fingerprint density at radius 3 is 1.62 bits per heavy atom. The summed E-state index contributed by atoms with van der Waals surface area (Å²) in [6, 6.07) is 32.0. The first-order valence-electron chi connectivity index (χ1n) is 10.3. The Hall–Kier alpha value is -3.89. The summed E-state index contributed by atoms with van der Waals surface area (Å²) in [5.41, 5.74) is 13.5. The van der Waals surface area contributed by atoms with Crippen molar-refractivity contribution in [3.63, 3.8) is 0 Å². The van der Waals surface area contributed by atoms with Crippen molar-refractivity contribution >= 4 is 46.1 Å². The van der Waals surface area contributed by atoms with Gasteiger partial charge in [0.2, 0.25) is 5.95 Å². The van der Waals surface area contributed by atoms with Crippen LogP contribution in [-0.2, 0) is 6.16 Å². The second-order valence-corrected chi connectivity index (χ2v) is 11.0. The van der Waals surface area contributed by atoms with Crippen molar-refractivity contribution < 1.29 is 0 Å². The van der Waals surface area contributed by atoms with Gasteiger partial charge >= 0.3 is 0 Å². The second kappa shape index (κ2) is 8.33. The van der Waals surface area contributed by atoms with Gasteiger partial charge in [0.05, 0.1) is 11.9 Å². The molecule has 0 spiro atoms. The van der Waals surface area contributed by atoms with Gasteiger partial charge in [0.15, 0.2) is 17.0 Å². The van der Waals surface area contributed by atoms with Crippen LogP contribution in [-0.4, -0.2) is 19.9 Å². The molecule has 0 amide bonds. The minimum Gasteiger partial charge on any atom is -0.382 e. The lowest BCUT2D eigenvalue weighted by Gasteiger charge is -2.27. The van der Waals surface area contributed by atoms with E-state index in [4.69, 9.17) is 16.5 Å². The van der Waals surface area contributed by atoms with Crippen LogP contribution in [0.25, 0.3) is 11.2 Å². The Kier molecular flexibility index (Phi) is 5.21. The predicted molar refractivity (Wildman–Crippen MR) is 133 cm³/mol. The molecule has 0 aliphatic carbocycles. The molecule has 0 fully saturated rings. The molecule has 0 aliphatic heterocycles. The lowest BCUT2D eigenvalue weighted by Crippen LogP contribution is -2.32. The van der Waals surface area contributed by atoms with Crippen molar-refractivity contribution in [1.29, 1.82) is 0 Å². The summed E-state index contributed by atoms with van der Waals surface area (Å²) >= 11 is 0. The van der Waals surface area contributed by atoms with Crippen LogP contribution >= 0.6 is 7.26 Å². The number of nitrogen functional groups attached to an aromatic ring is 2. The van der Waals surface area contributed by atoms with Crippen LogP contribution in [0, 0.1) is 0 Å². The number of hydrogen-bond donors (Lipinski definition) is 2. The maximum absolute atomic E-state index is 6.10. The SMILES string of the molecule is Nc1nc(N)c2nc(C[P+](c3ccccc3)(c3ccccc3)c3ccccc3)cnc2n1. The summed E-state index contributed by atoms with van der Waals surface area (Å²) in [4.78, 5) is 17.6. The molecule has 0 aliphatic rings. The molecular formula is C25H22N6P+. The first-order chi connectivity index (χ1) is 15.7. The predicted octanol–water partition coefficient (Wildman–Crippen LogP) is 3.08. The van der Waals surface area contributed by atoms with E-state index < -0.39 is 7.26 Å². The highest BCUT2D eigenvalue weighted by Crippen LogP contribution is 2.57. The summed E-state index contributed by atoms with van der Waals surface area (Å²) in [7, 11) is -2.09. The molecular weight excluding hydrogens is 415 g/mol. The molecule has 0 unspecified atom stereocenters. The third-order valence-corrected chi connectivity index (χ3v) is 9.83. The van der Waals surface area contributed by atoms with Gasteiger partial charge in [-0.3, -0.25) is 0 Å². The summed E-state index contributed by atoms with van der Waals surface area (Å²) in [5, 5.41) is 3.84. The van der Waals surface area contributed by atoms with Crippen LogP contribution in [0.2, 0.25) is 0 Å². The van der Waals surface area contributed by atoms with Crippen molar-refractivity contribution in [3.05, 3.63) is 103 Å². The summed E-state index contributed by atoms with van der Waals surface area (Å²) in [6.45, 7) is 0. The largest absolute Gasteiger partial charge is 0.382 e. The first kappa shape index (κ1) is 20.0. The van der Waals surface area contributed by atoms with Gasteiger partial charge in [-0.25, -0.2) is 9.97 Å². The average Bonchev–Trinajstić information content (AvgIpc) is 2.84. The van der Waals surface area contributed by atoms with Gasteiger partial charge in [-0.15, -0.1) is 0 Å². The zero-order valence-electron chi connectivity index (χ0n) is 17.3. The fraction of sp³-hybridized carbons (Fsp3) is 0.0400. The maximum Gasteiger partial charge on any atom is 0.224 e. The number of nitrogens with zero attached hydrogens (tertiary/aromatic N) is 4. The van der Waals surface area contributed by atoms with E-state index >= 15 is 0 Å². The summed E-state index contributed by atoms with van der Waals surface area (Å²) in [6.07, 6.45) is 2.47. The third kappa shape index (κ3) is 3.55. The molecule has 5 aromatic rings. The van der Waals surface area contributed by atoms with Crippen molar-refractivity contribution in [1.82, 2.24) is 19.9 Å². The van der Waals surface area contributed by atoms with E-state index in [0.717, 1.165) is 5.69 Å². The highest BCUT2D eigenvalue weighted by Gasteiger charge is 2.45. The Balaban J connectivity index is 1.76. The molecule has 32 heavy (non-hydrogen) atoms. The van der Waals surface area contributed by atoms with Crippen molar-refractivity contribution in [2.45, 2.75) is 6.16 Å². The highest BCUT2D eigenvalue weighted by atomic mass is 31.2. The minimum absolute atomic E-state index is 0.0942. The summed E-state index contributed by atoms with van der Waals surface area (Å²) in [5.74, 6) is 0.335.